The standard InChI is InChI=1S/C17H23N5OS/c1-13-3-5-18-15(9-13)20-10-14-4-7-22(11-14)12-16(23)21(2)17-19-6-8-24-17/h3,5-6,8-9,14H,4,7,10-12H2,1-2H3,(H,18,20)/t14-/m0/s1. The third-order valence-corrected chi connectivity index (χ3v) is 5.14. The van der Waals surface area contributed by atoms with Crippen LogP contribution in [0.4, 0.5) is 10.9 Å². The van der Waals surface area contributed by atoms with E-state index in [9.17, 15) is 4.79 Å². The minimum absolute atomic E-state index is 0.0962. The van der Waals surface area contributed by atoms with Crippen LogP contribution in [0.5, 0.6) is 0 Å². The van der Waals surface area contributed by atoms with Crippen LogP contribution < -0.4 is 10.2 Å². The van der Waals surface area contributed by atoms with Crippen molar-refractivity contribution in [2.75, 3.05) is 43.4 Å². The molecule has 0 saturated carbocycles. The number of aryl methyl sites for hydroxylation is 1. The molecule has 2 aromatic heterocycles. The minimum atomic E-state index is 0.0962. The van der Waals surface area contributed by atoms with E-state index in [0.29, 0.717) is 12.5 Å². The summed E-state index contributed by atoms with van der Waals surface area (Å²) in [6.07, 6.45) is 4.65. The molecule has 1 amide bonds. The second-order valence-electron chi connectivity index (χ2n) is 6.26. The van der Waals surface area contributed by atoms with Gasteiger partial charge in [-0.2, -0.15) is 0 Å². The molecule has 1 atom stereocenters. The Bertz CT molecular complexity index is 675. The zero-order valence-electron chi connectivity index (χ0n) is 14.1. The van der Waals surface area contributed by atoms with Crippen LogP contribution in [0.25, 0.3) is 0 Å². The predicted octanol–water partition coefficient (Wildman–Crippen LogP) is 2.24. The molecule has 0 aromatic carbocycles. The molecular formula is C17H23N5OS. The first kappa shape index (κ1) is 16.9. The Morgan fingerprint density at radius 3 is 3.08 bits per heavy atom. The van der Waals surface area contributed by atoms with E-state index in [0.717, 1.165) is 37.0 Å². The lowest BCUT2D eigenvalue weighted by atomic mass is 10.1. The monoisotopic (exact) mass is 345 g/mol. The highest BCUT2D eigenvalue weighted by Gasteiger charge is 2.25. The second kappa shape index (κ2) is 7.72. The van der Waals surface area contributed by atoms with E-state index in [1.165, 1.54) is 16.9 Å². The Balaban J connectivity index is 1.44. The van der Waals surface area contributed by atoms with Gasteiger partial charge in [-0.1, -0.05) is 0 Å². The average Bonchev–Trinajstić information content (AvgIpc) is 3.24. The van der Waals surface area contributed by atoms with Crippen molar-refractivity contribution in [3.05, 3.63) is 35.5 Å². The Labute approximate surface area is 146 Å². The number of thiazole rings is 1. The SMILES string of the molecule is Cc1ccnc(NC[C@@H]2CCN(CC(=O)N(C)c3nccs3)C2)c1. The van der Waals surface area contributed by atoms with Crippen molar-refractivity contribution >= 4 is 28.2 Å². The topological polar surface area (TPSA) is 61.4 Å². The van der Waals surface area contributed by atoms with Gasteiger partial charge in [-0.25, -0.2) is 9.97 Å². The van der Waals surface area contributed by atoms with E-state index in [1.807, 2.05) is 17.6 Å². The lowest BCUT2D eigenvalue weighted by Gasteiger charge is -2.20. The van der Waals surface area contributed by atoms with Crippen molar-refractivity contribution < 1.29 is 4.79 Å². The fourth-order valence-electron chi connectivity index (χ4n) is 2.89. The number of amides is 1. The fourth-order valence-corrected chi connectivity index (χ4v) is 3.52. The number of pyridine rings is 1. The van der Waals surface area contributed by atoms with Gasteiger partial charge >= 0.3 is 0 Å². The summed E-state index contributed by atoms with van der Waals surface area (Å²) in [5, 5.41) is 6.04. The van der Waals surface area contributed by atoms with Gasteiger partial charge < -0.3 is 5.32 Å². The van der Waals surface area contributed by atoms with Crippen LogP contribution in [-0.4, -0.2) is 54.0 Å². The van der Waals surface area contributed by atoms with Gasteiger partial charge in [0.2, 0.25) is 5.91 Å². The number of nitrogens with one attached hydrogen (secondary N) is 1. The van der Waals surface area contributed by atoms with Gasteiger partial charge in [-0.3, -0.25) is 14.6 Å². The van der Waals surface area contributed by atoms with E-state index < -0.39 is 0 Å². The van der Waals surface area contributed by atoms with E-state index in [2.05, 4.69) is 33.2 Å². The molecule has 128 valence electrons. The maximum atomic E-state index is 12.3. The van der Waals surface area contributed by atoms with Crippen LogP contribution in [0.2, 0.25) is 0 Å². The number of rotatable bonds is 6. The highest BCUT2D eigenvalue weighted by atomic mass is 32.1. The Morgan fingerprint density at radius 1 is 1.46 bits per heavy atom. The minimum Gasteiger partial charge on any atom is -0.370 e. The summed E-state index contributed by atoms with van der Waals surface area (Å²) in [5.41, 5.74) is 1.20. The van der Waals surface area contributed by atoms with Crippen molar-refractivity contribution in [2.24, 2.45) is 5.92 Å². The quantitative estimate of drug-likeness (QED) is 0.870. The normalized spacial score (nSPS) is 17.8. The summed E-state index contributed by atoms with van der Waals surface area (Å²) in [6, 6.07) is 4.05. The highest BCUT2D eigenvalue weighted by Crippen LogP contribution is 2.19. The smallest absolute Gasteiger partial charge is 0.242 e. The van der Waals surface area contributed by atoms with Gasteiger partial charge in [-0.05, 0) is 43.5 Å². The lowest BCUT2D eigenvalue weighted by Crippen LogP contribution is -2.37. The second-order valence-corrected chi connectivity index (χ2v) is 7.13. The first-order chi connectivity index (χ1) is 11.6. The Kier molecular flexibility index (Phi) is 5.42. The molecule has 7 heteroatoms. The summed E-state index contributed by atoms with van der Waals surface area (Å²) in [6.45, 7) is 5.31. The number of anilines is 2. The highest BCUT2D eigenvalue weighted by molar-refractivity contribution is 7.13. The molecule has 0 aliphatic carbocycles. The van der Waals surface area contributed by atoms with Crippen LogP contribution in [0, 0.1) is 12.8 Å². The molecule has 3 heterocycles. The van der Waals surface area contributed by atoms with Crippen LogP contribution in [0.3, 0.4) is 0 Å². The third kappa shape index (κ3) is 4.30. The van der Waals surface area contributed by atoms with E-state index in [-0.39, 0.29) is 5.91 Å². The van der Waals surface area contributed by atoms with E-state index in [1.54, 1.807) is 18.1 Å². The first-order valence-electron chi connectivity index (χ1n) is 8.17. The van der Waals surface area contributed by atoms with Gasteiger partial charge in [0.25, 0.3) is 0 Å². The molecule has 0 unspecified atom stereocenters. The summed E-state index contributed by atoms with van der Waals surface area (Å²) >= 11 is 1.48. The molecule has 6 nitrogen and oxygen atoms in total. The molecule has 1 fully saturated rings. The van der Waals surface area contributed by atoms with E-state index in [4.69, 9.17) is 0 Å². The molecule has 0 spiro atoms. The van der Waals surface area contributed by atoms with Gasteiger partial charge in [-0.15, -0.1) is 11.3 Å². The van der Waals surface area contributed by atoms with Crippen LogP contribution in [0.1, 0.15) is 12.0 Å². The van der Waals surface area contributed by atoms with Crippen molar-refractivity contribution in [1.29, 1.82) is 0 Å². The maximum absolute atomic E-state index is 12.3. The molecule has 3 rings (SSSR count). The van der Waals surface area contributed by atoms with Crippen LogP contribution >= 0.6 is 11.3 Å². The van der Waals surface area contributed by atoms with Crippen LogP contribution in [0.15, 0.2) is 29.9 Å². The van der Waals surface area contributed by atoms with Gasteiger partial charge in [0.1, 0.15) is 5.82 Å². The van der Waals surface area contributed by atoms with E-state index >= 15 is 0 Å². The van der Waals surface area contributed by atoms with Crippen molar-refractivity contribution in [1.82, 2.24) is 14.9 Å². The Hall–Kier alpha value is -1.99. The largest absolute Gasteiger partial charge is 0.370 e. The molecule has 1 saturated heterocycles. The molecule has 1 aliphatic heterocycles. The van der Waals surface area contributed by atoms with Crippen molar-refractivity contribution in [3.8, 4) is 0 Å². The summed E-state index contributed by atoms with van der Waals surface area (Å²) in [5.74, 6) is 1.57. The zero-order valence-corrected chi connectivity index (χ0v) is 14.9. The number of carbonyl (C=O) groups excluding carboxylic acids is 1. The van der Waals surface area contributed by atoms with Gasteiger partial charge in [0.15, 0.2) is 5.13 Å². The predicted molar refractivity (Wildman–Crippen MR) is 97.5 cm³/mol. The number of hydrogen-bond donors (Lipinski definition) is 1. The molecule has 1 aliphatic rings. The van der Waals surface area contributed by atoms with Crippen LogP contribution in [-0.2, 0) is 4.79 Å². The summed E-state index contributed by atoms with van der Waals surface area (Å²) in [4.78, 5) is 24.7. The maximum Gasteiger partial charge on any atom is 0.242 e. The molecule has 0 bridgehead atoms. The number of likely N-dealkylation sites (tertiary alicyclic amines) is 1. The zero-order chi connectivity index (χ0) is 16.9. The third-order valence-electron chi connectivity index (χ3n) is 4.30. The summed E-state index contributed by atoms with van der Waals surface area (Å²) < 4.78 is 0. The number of likely N-dealkylation sites (N-methyl/N-ethyl adjacent to an activating group) is 1. The number of carbonyl (C=O) groups is 1. The fraction of sp³-hybridized carbons (Fsp3) is 0.471. The number of hydrogen-bond acceptors (Lipinski definition) is 6. The molecule has 2 aromatic rings. The van der Waals surface area contributed by atoms with Crippen molar-refractivity contribution in [3.63, 3.8) is 0 Å². The lowest BCUT2D eigenvalue weighted by molar-refractivity contribution is -0.119. The molecular weight excluding hydrogens is 322 g/mol. The molecule has 0 radical (unpaired) electrons. The first-order valence-corrected chi connectivity index (χ1v) is 9.04. The summed E-state index contributed by atoms with van der Waals surface area (Å²) in [7, 11) is 1.79. The number of aromatic nitrogens is 2. The van der Waals surface area contributed by atoms with Gasteiger partial charge in [0, 0.05) is 37.9 Å². The molecule has 1 N–H and O–H groups in total. The van der Waals surface area contributed by atoms with Gasteiger partial charge in [0.05, 0.1) is 6.54 Å². The van der Waals surface area contributed by atoms with Crippen molar-refractivity contribution in [2.45, 2.75) is 13.3 Å². The Morgan fingerprint density at radius 2 is 2.33 bits per heavy atom. The average molecular weight is 345 g/mol. The number of nitrogens with zero attached hydrogens (tertiary/aromatic N) is 4. The molecule has 24 heavy (non-hydrogen) atoms.